The molecule has 0 amide bonds. The lowest BCUT2D eigenvalue weighted by atomic mass is 9.86. The predicted octanol–water partition coefficient (Wildman–Crippen LogP) is 2.58. The lowest BCUT2D eigenvalue weighted by Gasteiger charge is -2.30. The highest BCUT2D eigenvalue weighted by molar-refractivity contribution is 5.70. The van der Waals surface area contributed by atoms with E-state index < -0.39 is 5.97 Å². The molecule has 2 N–H and O–H groups in total. The van der Waals surface area contributed by atoms with E-state index in [-0.39, 0.29) is 5.92 Å². The number of carbonyl (C=O) groups is 1. The van der Waals surface area contributed by atoms with Gasteiger partial charge in [-0.3, -0.25) is 4.79 Å². The summed E-state index contributed by atoms with van der Waals surface area (Å²) in [5, 5.41) is 12.6. The number of hydrogen-bond donors (Lipinski definition) is 2. The number of ether oxygens (including phenoxy) is 1. The van der Waals surface area contributed by atoms with Gasteiger partial charge in [0.05, 0.1) is 19.1 Å². The van der Waals surface area contributed by atoms with Crippen molar-refractivity contribution in [3.63, 3.8) is 0 Å². The van der Waals surface area contributed by atoms with Gasteiger partial charge in [0.25, 0.3) is 0 Å². The molecule has 1 aromatic rings. The highest BCUT2D eigenvalue weighted by atomic mass is 16.5. The molecule has 120 valence electrons. The summed E-state index contributed by atoms with van der Waals surface area (Å²) >= 11 is 0. The van der Waals surface area contributed by atoms with Crippen molar-refractivity contribution in [1.82, 2.24) is 0 Å². The summed E-state index contributed by atoms with van der Waals surface area (Å²) in [5.74, 6) is -0.796. The zero-order valence-electron chi connectivity index (χ0n) is 12.8. The third-order valence-corrected chi connectivity index (χ3v) is 4.69. The molecule has 1 aliphatic carbocycles. The van der Waals surface area contributed by atoms with Crippen molar-refractivity contribution in [3.8, 4) is 0 Å². The van der Waals surface area contributed by atoms with Gasteiger partial charge < -0.3 is 20.1 Å². The van der Waals surface area contributed by atoms with Crippen LogP contribution in [-0.4, -0.2) is 43.4 Å². The second kappa shape index (κ2) is 7.01. The minimum atomic E-state index is -0.645. The van der Waals surface area contributed by atoms with E-state index >= 15 is 0 Å². The van der Waals surface area contributed by atoms with Crippen LogP contribution >= 0.6 is 0 Å². The molecule has 5 nitrogen and oxygen atoms in total. The van der Waals surface area contributed by atoms with Crippen molar-refractivity contribution >= 4 is 17.3 Å². The molecule has 0 unspecified atom stereocenters. The van der Waals surface area contributed by atoms with Gasteiger partial charge in [0, 0.05) is 30.5 Å². The van der Waals surface area contributed by atoms with Crippen molar-refractivity contribution in [1.29, 1.82) is 0 Å². The average molecular weight is 304 g/mol. The Bertz CT molecular complexity index is 489. The van der Waals surface area contributed by atoms with Gasteiger partial charge in [-0.05, 0) is 49.9 Å². The number of morpholine rings is 1. The Morgan fingerprint density at radius 3 is 2.32 bits per heavy atom. The van der Waals surface area contributed by atoms with Crippen molar-refractivity contribution in [3.05, 3.63) is 24.3 Å². The number of carboxylic acid groups (broad SMARTS) is 1. The molecule has 1 aliphatic heterocycles. The van der Waals surface area contributed by atoms with E-state index in [0.717, 1.165) is 57.7 Å². The van der Waals surface area contributed by atoms with E-state index in [1.165, 1.54) is 5.69 Å². The lowest BCUT2D eigenvalue weighted by Crippen LogP contribution is -2.36. The van der Waals surface area contributed by atoms with Crippen LogP contribution in [0.3, 0.4) is 0 Å². The topological polar surface area (TPSA) is 61.8 Å². The molecule has 0 aromatic heterocycles. The van der Waals surface area contributed by atoms with Crippen LogP contribution in [0.4, 0.5) is 11.4 Å². The number of hydrogen-bond acceptors (Lipinski definition) is 4. The Balaban J connectivity index is 1.52. The molecular formula is C17H24N2O3. The Labute approximate surface area is 131 Å². The van der Waals surface area contributed by atoms with Gasteiger partial charge in [-0.25, -0.2) is 0 Å². The Morgan fingerprint density at radius 2 is 1.73 bits per heavy atom. The third-order valence-electron chi connectivity index (χ3n) is 4.69. The number of anilines is 2. The second-order valence-electron chi connectivity index (χ2n) is 6.18. The first-order valence-corrected chi connectivity index (χ1v) is 8.14. The van der Waals surface area contributed by atoms with E-state index in [1.807, 2.05) is 0 Å². The van der Waals surface area contributed by atoms with Gasteiger partial charge >= 0.3 is 5.97 Å². The van der Waals surface area contributed by atoms with Crippen LogP contribution in [0.5, 0.6) is 0 Å². The number of rotatable bonds is 4. The van der Waals surface area contributed by atoms with Crippen LogP contribution in [0.1, 0.15) is 25.7 Å². The summed E-state index contributed by atoms with van der Waals surface area (Å²) in [4.78, 5) is 13.3. The van der Waals surface area contributed by atoms with E-state index in [2.05, 4.69) is 34.5 Å². The fraction of sp³-hybridized carbons (Fsp3) is 0.588. The summed E-state index contributed by atoms with van der Waals surface area (Å²) < 4.78 is 5.38. The molecule has 2 aliphatic rings. The largest absolute Gasteiger partial charge is 0.481 e. The number of nitrogens with one attached hydrogen (secondary N) is 1. The molecule has 5 heteroatoms. The third kappa shape index (κ3) is 3.71. The van der Waals surface area contributed by atoms with Crippen molar-refractivity contribution < 1.29 is 14.6 Å². The van der Waals surface area contributed by atoms with Crippen LogP contribution in [0.15, 0.2) is 24.3 Å². The maximum atomic E-state index is 11.0. The number of benzene rings is 1. The van der Waals surface area contributed by atoms with Crippen LogP contribution in [0, 0.1) is 5.92 Å². The van der Waals surface area contributed by atoms with Crippen LogP contribution in [0.2, 0.25) is 0 Å². The summed E-state index contributed by atoms with van der Waals surface area (Å²) in [6.45, 7) is 3.50. The first-order chi connectivity index (χ1) is 10.7. The van der Waals surface area contributed by atoms with Gasteiger partial charge in [-0.15, -0.1) is 0 Å². The molecule has 1 heterocycles. The van der Waals surface area contributed by atoms with Gasteiger partial charge in [0.15, 0.2) is 0 Å². The fourth-order valence-corrected chi connectivity index (χ4v) is 3.31. The highest BCUT2D eigenvalue weighted by Crippen LogP contribution is 2.27. The molecular weight excluding hydrogens is 280 g/mol. The Kier molecular flexibility index (Phi) is 4.83. The van der Waals surface area contributed by atoms with Gasteiger partial charge in [0.2, 0.25) is 0 Å². The highest BCUT2D eigenvalue weighted by Gasteiger charge is 2.25. The molecule has 3 rings (SSSR count). The first kappa shape index (κ1) is 15.2. The smallest absolute Gasteiger partial charge is 0.306 e. The normalized spacial score (nSPS) is 25.7. The number of aliphatic carboxylic acids is 1. The van der Waals surface area contributed by atoms with Crippen molar-refractivity contribution in [2.45, 2.75) is 31.7 Å². The minimum Gasteiger partial charge on any atom is -0.481 e. The first-order valence-electron chi connectivity index (χ1n) is 8.14. The van der Waals surface area contributed by atoms with Gasteiger partial charge in [0.1, 0.15) is 0 Å². The molecule has 1 aromatic carbocycles. The maximum absolute atomic E-state index is 11.0. The monoisotopic (exact) mass is 304 g/mol. The van der Waals surface area contributed by atoms with Crippen molar-refractivity contribution in [2.24, 2.45) is 5.92 Å². The molecule has 1 saturated heterocycles. The van der Waals surface area contributed by atoms with Crippen LogP contribution in [-0.2, 0) is 9.53 Å². The van der Waals surface area contributed by atoms with E-state index in [4.69, 9.17) is 9.84 Å². The maximum Gasteiger partial charge on any atom is 0.306 e. The molecule has 22 heavy (non-hydrogen) atoms. The average Bonchev–Trinajstić information content (AvgIpc) is 2.57. The quantitative estimate of drug-likeness (QED) is 0.895. The second-order valence-corrected chi connectivity index (χ2v) is 6.18. The predicted molar refractivity (Wildman–Crippen MR) is 86.5 cm³/mol. The fourth-order valence-electron chi connectivity index (χ4n) is 3.31. The zero-order valence-corrected chi connectivity index (χ0v) is 12.8. The van der Waals surface area contributed by atoms with E-state index in [9.17, 15) is 4.79 Å². The number of nitrogens with zero attached hydrogens (tertiary/aromatic N) is 1. The molecule has 0 atom stereocenters. The minimum absolute atomic E-state index is 0.151. The summed E-state index contributed by atoms with van der Waals surface area (Å²) in [6, 6.07) is 8.93. The van der Waals surface area contributed by atoms with Gasteiger partial charge in [-0.1, -0.05) is 0 Å². The SMILES string of the molecule is O=C(O)C1CCC(Nc2ccc(N3CCOCC3)cc2)CC1. The molecule has 1 saturated carbocycles. The van der Waals surface area contributed by atoms with E-state index in [1.54, 1.807) is 0 Å². The van der Waals surface area contributed by atoms with Gasteiger partial charge in [-0.2, -0.15) is 0 Å². The Morgan fingerprint density at radius 1 is 1.09 bits per heavy atom. The summed E-state index contributed by atoms with van der Waals surface area (Å²) in [7, 11) is 0. The van der Waals surface area contributed by atoms with Crippen LogP contribution < -0.4 is 10.2 Å². The zero-order chi connectivity index (χ0) is 15.4. The molecule has 0 bridgehead atoms. The Hall–Kier alpha value is -1.75. The summed E-state index contributed by atoms with van der Waals surface area (Å²) in [6.07, 6.45) is 3.42. The molecule has 0 radical (unpaired) electrons. The lowest BCUT2D eigenvalue weighted by molar-refractivity contribution is -0.142. The molecule has 0 spiro atoms. The molecule has 2 fully saturated rings. The summed E-state index contributed by atoms with van der Waals surface area (Å²) in [5.41, 5.74) is 2.36. The van der Waals surface area contributed by atoms with E-state index in [0.29, 0.717) is 6.04 Å². The van der Waals surface area contributed by atoms with Crippen molar-refractivity contribution in [2.75, 3.05) is 36.5 Å². The van der Waals surface area contributed by atoms with Crippen LogP contribution in [0.25, 0.3) is 0 Å². The standard InChI is InChI=1S/C17H24N2O3/c20-17(21)13-1-3-14(4-2-13)18-15-5-7-16(8-6-15)19-9-11-22-12-10-19/h5-8,13-14,18H,1-4,9-12H2,(H,20,21). The number of carboxylic acids is 1.